The zero-order valence-electron chi connectivity index (χ0n) is 11.7. The predicted molar refractivity (Wildman–Crippen MR) is 80.6 cm³/mol. The minimum atomic E-state index is 0.0133. The second kappa shape index (κ2) is 8.04. The predicted octanol–water partition coefficient (Wildman–Crippen LogP) is 2.10. The average molecular weight is 294 g/mol. The first-order valence-corrected chi connectivity index (χ1v) is 8.20. The molecule has 0 aliphatic heterocycles. The van der Waals surface area contributed by atoms with Crippen LogP contribution in [0.1, 0.15) is 37.0 Å². The van der Waals surface area contributed by atoms with E-state index >= 15 is 0 Å². The molecule has 0 aromatic carbocycles. The van der Waals surface area contributed by atoms with Gasteiger partial charge in [0.05, 0.1) is 6.42 Å². The van der Waals surface area contributed by atoms with Crippen molar-refractivity contribution in [2.24, 2.45) is 5.92 Å². The zero-order chi connectivity index (χ0) is 14.2. The van der Waals surface area contributed by atoms with Gasteiger partial charge in [0.2, 0.25) is 11.8 Å². The van der Waals surface area contributed by atoms with Crippen molar-refractivity contribution >= 4 is 23.2 Å². The highest BCUT2D eigenvalue weighted by Crippen LogP contribution is 2.23. The Morgan fingerprint density at radius 2 is 1.90 bits per heavy atom. The average Bonchev–Trinajstić information content (AvgIpc) is 2.97. The van der Waals surface area contributed by atoms with Crippen molar-refractivity contribution in [1.82, 2.24) is 10.6 Å². The maximum Gasteiger partial charge on any atom is 0.225 e. The van der Waals surface area contributed by atoms with Gasteiger partial charge in [-0.25, -0.2) is 0 Å². The highest BCUT2D eigenvalue weighted by Gasteiger charge is 2.20. The summed E-state index contributed by atoms with van der Waals surface area (Å²) in [5.41, 5.74) is 0. The zero-order valence-corrected chi connectivity index (χ0v) is 12.5. The van der Waals surface area contributed by atoms with Crippen molar-refractivity contribution in [1.29, 1.82) is 0 Å². The van der Waals surface area contributed by atoms with Gasteiger partial charge in [-0.2, -0.15) is 0 Å². The number of carbonyl (C=O) groups excluding carboxylic acids is 2. The Kier molecular flexibility index (Phi) is 6.05. The first kappa shape index (κ1) is 15.0. The third kappa shape index (κ3) is 4.96. The van der Waals surface area contributed by atoms with Crippen LogP contribution in [-0.4, -0.2) is 24.9 Å². The lowest BCUT2D eigenvalue weighted by atomic mass is 9.89. The Labute approximate surface area is 124 Å². The number of rotatable bonds is 6. The Balaban J connectivity index is 1.56. The standard InChI is InChI=1S/C15H22N2O2S/c18-14(11-13-7-4-10-20-13)16-8-9-17-15(19)12-5-2-1-3-6-12/h4,7,10,12H,1-3,5-6,8-9,11H2,(H,16,18)(H,17,19). The normalized spacial score (nSPS) is 15.8. The summed E-state index contributed by atoms with van der Waals surface area (Å²) in [6.07, 6.45) is 6.02. The van der Waals surface area contributed by atoms with E-state index in [1.807, 2.05) is 17.5 Å². The van der Waals surface area contributed by atoms with E-state index in [1.54, 1.807) is 11.3 Å². The molecule has 0 radical (unpaired) electrons. The highest BCUT2D eigenvalue weighted by molar-refractivity contribution is 7.10. The second-order valence-corrected chi connectivity index (χ2v) is 6.26. The van der Waals surface area contributed by atoms with E-state index in [2.05, 4.69) is 10.6 Å². The van der Waals surface area contributed by atoms with Crippen LogP contribution in [0.15, 0.2) is 17.5 Å². The molecule has 1 aromatic heterocycles. The Morgan fingerprint density at radius 1 is 1.15 bits per heavy atom. The van der Waals surface area contributed by atoms with Gasteiger partial charge in [-0.15, -0.1) is 11.3 Å². The molecule has 0 bridgehead atoms. The van der Waals surface area contributed by atoms with E-state index in [0.29, 0.717) is 19.5 Å². The van der Waals surface area contributed by atoms with E-state index in [0.717, 1.165) is 30.6 Å². The molecule has 5 heteroatoms. The van der Waals surface area contributed by atoms with Crippen LogP contribution >= 0.6 is 11.3 Å². The fourth-order valence-electron chi connectivity index (χ4n) is 2.53. The molecule has 0 spiro atoms. The third-order valence-electron chi connectivity index (χ3n) is 3.64. The molecule has 1 fully saturated rings. The molecule has 4 nitrogen and oxygen atoms in total. The first-order valence-electron chi connectivity index (χ1n) is 7.32. The van der Waals surface area contributed by atoms with E-state index < -0.39 is 0 Å². The Morgan fingerprint density at radius 3 is 2.60 bits per heavy atom. The number of hydrogen-bond acceptors (Lipinski definition) is 3. The van der Waals surface area contributed by atoms with E-state index in [9.17, 15) is 9.59 Å². The topological polar surface area (TPSA) is 58.2 Å². The van der Waals surface area contributed by atoms with Gasteiger partial charge in [0.15, 0.2) is 0 Å². The van der Waals surface area contributed by atoms with Gasteiger partial charge >= 0.3 is 0 Å². The number of hydrogen-bond donors (Lipinski definition) is 2. The van der Waals surface area contributed by atoms with Crippen molar-refractivity contribution < 1.29 is 9.59 Å². The minimum absolute atomic E-state index is 0.0133. The van der Waals surface area contributed by atoms with Gasteiger partial charge in [-0.1, -0.05) is 25.3 Å². The van der Waals surface area contributed by atoms with Crippen LogP contribution in [0.2, 0.25) is 0 Å². The molecule has 0 saturated heterocycles. The van der Waals surface area contributed by atoms with Crippen LogP contribution in [0.5, 0.6) is 0 Å². The van der Waals surface area contributed by atoms with Gasteiger partial charge in [0, 0.05) is 23.9 Å². The van der Waals surface area contributed by atoms with E-state index in [-0.39, 0.29) is 17.7 Å². The van der Waals surface area contributed by atoms with Gasteiger partial charge in [-0.3, -0.25) is 9.59 Å². The summed E-state index contributed by atoms with van der Waals surface area (Å²) < 4.78 is 0. The Bertz CT molecular complexity index is 425. The SMILES string of the molecule is O=C(Cc1cccs1)NCCNC(=O)C1CCCCC1. The molecule has 1 aliphatic carbocycles. The van der Waals surface area contributed by atoms with Gasteiger partial charge in [-0.05, 0) is 24.3 Å². The fraction of sp³-hybridized carbons (Fsp3) is 0.600. The van der Waals surface area contributed by atoms with Crippen molar-refractivity contribution in [2.45, 2.75) is 38.5 Å². The summed E-state index contributed by atoms with van der Waals surface area (Å²) in [6.45, 7) is 1.02. The lowest BCUT2D eigenvalue weighted by Crippen LogP contribution is -2.38. The van der Waals surface area contributed by atoms with Crippen molar-refractivity contribution in [3.63, 3.8) is 0 Å². The molecule has 0 atom stereocenters. The summed E-state index contributed by atoms with van der Waals surface area (Å²) in [5, 5.41) is 7.71. The molecule has 1 saturated carbocycles. The van der Waals surface area contributed by atoms with Crippen LogP contribution in [0.4, 0.5) is 0 Å². The molecule has 20 heavy (non-hydrogen) atoms. The molecule has 1 aromatic rings. The summed E-state index contributed by atoms with van der Waals surface area (Å²) in [6, 6.07) is 3.90. The quantitative estimate of drug-likeness (QED) is 0.789. The lowest BCUT2D eigenvalue weighted by molar-refractivity contribution is -0.126. The maximum absolute atomic E-state index is 11.9. The smallest absolute Gasteiger partial charge is 0.225 e. The van der Waals surface area contributed by atoms with Crippen LogP contribution < -0.4 is 10.6 Å². The lowest BCUT2D eigenvalue weighted by Gasteiger charge is -2.20. The van der Waals surface area contributed by atoms with Crippen molar-refractivity contribution in [2.75, 3.05) is 13.1 Å². The summed E-state index contributed by atoms with van der Waals surface area (Å²) >= 11 is 1.58. The number of carbonyl (C=O) groups is 2. The monoisotopic (exact) mass is 294 g/mol. The largest absolute Gasteiger partial charge is 0.354 e. The summed E-state index contributed by atoms with van der Waals surface area (Å²) in [4.78, 5) is 24.6. The molecule has 2 rings (SSSR count). The third-order valence-corrected chi connectivity index (χ3v) is 4.51. The van der Waals surface area contributed by atoms with Crippen LogP contribution in [0, 0.1) is 5.92 Å². The molecular weight excluding hydrogens is 272 g/mol. The molecule has 2 N–H and O–H groups in total. The van der Waals surface area contributed by atoms with E-state index in [4.69, 9.17) is 0 Å². The molecular formula is C15H22N2O2S. The minimum Gasteiger partial charge on any atom is -0.354 e. The Hall–Kier alpha value is -1.36. The van der Waals surface area contributed by atoms with Crippen LogP contribution in [-0.2, 0) is 16.0 Å². The van der Waals surface area contributed by atoms with Gasteiger partial charge < -0.3 is 10.6 Å². The number of thiophene rings is 1. The molecule has 1 heterocycles. The van der Waals surface area contributed by atoms with Crippen LogP contribution in [0.3, 0.4) is 0 Å². The molecule has 110 valence electrons. The first-order chi connectivity index (χ1) is 9.75. The number of nitrogens with one attached hydrogen (secondary N) is 2. The highest BCUT2D eigenvalue weighted by atomic mass is 32.1. The van der Waals surface area contributed by atoms with Crippen molar-refractivity contribution in [3.8, 4) is 0 Å². The van der Waals surface area contributed by atoms with Gasteiger partial charge in [0.25, 0.3) is 0 Å². The molecule has 1 aliphatic rings. The summed E-state index contributed by atoms with van der Waals surface area (Å²) in [5.74, 6) is 0.349. The van der Waals surface area contributed by atoms with Gasteiger partial charge in [0.1, 0.15) is 0 Å². The maximum atomic E-state index is 11.9. The van der Waals surface area contributed by atoms with Crippen molar-refractivity contribution in [3.05, 3.63) is 22.4 Å². The van der Waals surface area contributed by atoms with Crippen LogP contribution in [0.25, 0.3) is 0 Å². The summed E-state index contributed by atoms with van der Waals surface area (Å²) in [7, 11) is 0. The fourth-order valence-corrected chi connectivity index (χ4v) is 3.23. The number of amides is 2. The molecule has 0 unspecified atom stereocenters. The van der Waals surface area contributed by atoms with E-state index in [1.165, 1.54) is 6.42 Å². The molecule has 2 amide bonds. The second-order valence-electron chi connectivity index (χ2n) is 5.23.